The number of esters is 2. The number of rotatable bonds is 7. The molecule has 0 N–H and O–H groups in total. The molecule has 0 radical (unpaired) electrons. The first kappa shape index (κ1) is 23.7. The van der Waals surface area contributed by atoms with Crippen molar-refractivity contribution in [1.29, 1.82) is 0 Å². The summed E-state index contributed by atoms with van der Waals surface area (Å²) in [5, 5.41) is 0.484. The van der Waals surface area contributed by atoms with Gasteiger partial charge < -0.3 is 23.5 Å². The fraction of sp³-hybridized carbons (Fsp3) is 0.308. The lowest BCUT2D eigenvalue weighted by Gasteiger charge is -2.23. The van der Waals surface area contributed by atoms with Crippen molar-refractivity contribution in [1.82, 2.24) is 4.57 Å². The Morgan fingerprint density at radius 3 is 2.29 bits per heavy atom. The van der Waals surface area contributed by atoms with Crippen LogP contribution in [0.5, 0.6) is 11.5 Å². The summed E-state index contributed by atoms with van der Waals surface area (Å²) in [5.41, 5.74) is 3.98. The topological polar surface area (TPSA) is 76.0 Å². The normalized spacial score (nSPS) is 11.9. The Labute approximate surface area is 203 Å². The number of nitrogens with zero attached hydrogens (tertiary/aromatic N) is 1. The molecule has 0 amide bonds. The Morgan fingerprint density at radius 1 is 0.971 bits per heavy atom. The number of benzene rings is 2. The van der Waals surface area contributed by atoms with E-state index in [4.69, 9.17) is 30.5 Å². The molecule has 2 aromatic carbocycles. The van der Waals surface area contributed by atoms with Crippen LogP contribution in [-0.4, -0.2) is 43.9 Å². The van der Waals surface area contributed by atoms with E-state index in [0.29, 0.717) is 57.6 Å². The smallest absolute Gasteiger partial charge is 0.355 e. The van der Waals surface area contributed by atoms with Gasteiger partial charge in [0.15, 0.2) is 11.5 Å². The van der Waals surface area contributed by atoms with Crippen molar-refractivity contribution in [2.45, 2.75) is 26.8 Å². The molecule has 0 saturated carbocycles. The van der Waals surface area contributed by atoms with Crippen molar-refractivity contribution in [3.05, 3.63) is 58.2 Å². The molecule has 8 heteroatoms. The first-order valence-electron chi connectivity index (χ1n) is 11.1. The summed E-state index contributed by atoms with van der Waals surface area (Å²) in [7, 11) is 3.13. The zero-order valence-corrected chi connectivity index (χ0v) is 20.3. The zero-order valence-electron chi connectivity index (χ0n) is 19.6. The van der Waals surface area contributed by atoms with E-state index < -0.39 is 11.9 Å². The first-order valence-corrected chi connectivity index (χ1v) is 11.4. The summed E-state index contributed by atoms with van der Waals surface area (Å²) in [6.45, 7) is 4.35. The lowest BCUT2D eigenvalue weighted by molar-refractivity contribution is 0.0513. The molecule has 7 nitrogen and oxygen atoms in total. The molecule has 2 heterocycles. The van der Waals surface area contributed by atoms with Crippen LogP contribution in [-0.2, 0) is 22.4 Å². The molecule has 34 heavy (non-hydrogen) atoms. The van der Waals surface area contributed by atoms with Gasteiger partial charge in [0.2, 0.25) is 0 Å². The third-order valence-electron chi connectivity index (χ3n) is 5.79. The number of halogens is 1. The van der Waals surface area contributed by atoms with Crippen LogP contribution in [0.3, 0.4) is 0 Å². The molecule has 1 aromatic heterocycles. The second-order valence-electron chi connectivity index (χ2n) is 7.66. The summed E-state index contributed by atoms with van der Waals surface area (Å²) in [6, 6.07) is 10.8. The van der Waals surface area contributed by atoms with Gasteiger partial charge >= 0.3 is 11.9 Å². The molecular weight excluding hydrogens is 458 g/mol. The van der Waals surface area contributed by atoms with Crippen LogP contribution in [0.15, 0.2) is 36.4 Å². The Bertz CT molecular complexity index is 1260. The lowest BCUT2D eigenvalue weighted by Crippen LogP contribution is -2.18. The Morgan fingerprint density at radius 2 is 1.65 bits per heavy atom. The lowest BCUT2D eigenvalue weighted by atomic mass is 9.93. The van der Waals surface area contributed by atoms with Crippen LogP contribution < -0.4 is 9.47 Å². The van der Waals surface area contributed by atoms with E-state index in [1.807, 2.05) is 22.8 Å². The number of methoxy groups -OCH3 is 2. The molecule has 0 spiro atoms. The van der Waals surface area contributed by atoms with E-state index in [9.17, 15) is 9.59 Å². The van der Waals surface area contributed by atoms with E-state index in [0.717, 1.165) is 11.1 Å². The van der Waals surface area contributed by atoms with Gasteiger partial charge in [-0.25, -0.2) is 9.59 Å². The molecule has 0 atom stereocenters. The summed E-state index contributed by atoms with van der Waals surface area (Å²) in [6.07, 6.45) is 0.626. The molecule has 0 unspecified atom stereocenters. The van der Waals surface area contributed by atoms with Gasteiger partial charge in [0.1, 0.15) is 5.69 Å². The van der Waals surface area contributed by atoms with E-state index >= 15 is 0 Å². The highest BCUT2D eigenvalue weighted by molar-refractivity contribution is 6.31. The Balaban J connectivity index is 2.12. The van der Waals surface area contributed by atoms with Gasteiger partial charge in [0.05, 0.1) is 38.7 Å². The Kier molecular flexibility index (Phi) is 6.84. The molecule has 0 fully saturated rings. The summed E-state index contributed by atoms with van der Waals surface area (Å²) in [5.74, 6) is 0.0740. The maximum Gasteiger partial charge on any atom is 0.355 e. The summed E-state index contributed by atoms with van der Waals surface area (Å²) < 4.78 is 23.7. The van der Waals surface area contributed by atoms with Gasteiger partial charge in [-0.15, -0.1) is 0 Å². The van der Waals surface area contributed by atoms with Crippen molar-refractivity contribution in [3.8, 4) is 33.9 Å². The molecule has 0 bridgehead atoms. The fourth-order valence-corrected chi connectivity index (χ4v) is 4.63. The number of aryl methyl sites for hydroxylation is 1. The largest absolute Gasteiger partial charge is 0.493 e. The van der Waals surface area contributed by atoms with Gasteiger partial charge in [-0.3, -0.25) is 0 Å². The third-order valence-corrected chi connectivity index (χ3v) is 6.03. The third kappa shape index (κ3) is 4.01. The number of carbonyl (C=O) groups is 2. The van der Waals surface area contributed by atoms with Crippen molar-refractivity contribution in [2.75, 3.05) is 27.4 Å². The minimum absolute atomic E-state index is 0.186. The van der Waals surface area contributed by atoms with Crippen LogP contribution in [0.4, 0.5) is 0 Å². The van der Waals surface area contributed by atoms with E-state index in [2.05, 4.69) is 0 Å². The molecule has 178 valence electrons. The Hall–Kier alpha value is -3.45. The van der Waals surface area contributed by atoms with Crippen molar-refractivity contribution < 1.29 is 28.5 Å². The standard InChI is InChI=1S/C26H26ClNO6/c1-5-33-25(29)22-21(16-8-7-9-17(27)12-16)24(26(30)34-6-2)28-11-10-15-13-19(31-3)20(32-4)14-18(15)23(22)28/h7-9,12-14H,5-6,10-11H2,1-4H3. The molecule has 0 aliphatic carbocycles. The summed E-state index contributed by atoms with van der Waals surface area (Å²) in [4.78, 5) is 26.7. The molecule has 4 rings (SSSR count). The second-order valence-corrected chi connectivity index (χ2v) is 8.10. The fourth-order valence-electron chi connectivity index (χ4n) is 4.44. The maximum absolute atomic E-state index is 13.4. The molecule has 3 aromatic rings. The van der Waals surface area contributed by atoms with Crippen LogP contribution in [0.25, 0.3) is 22.4 Å². The molecule has 0 saturated heterocycles. The van der Waals surface area contributed by atoms with Gasteiger partial charge in [-0.05, 0) is 55.7 Å². The maximum atomic E-state index is 13.4. The number of hydrogen-bond donors (Lipinski definition) is 0. The van der Waals surface area contributed by atoms with E-state index in [1.54, 1.807) is 46.3 Å². The van der Waals surface area contributed by atoms with Crippen LogP contribution in [0.1, 0.15) is 40.3 Å². The van der Waals surface area contributed by atoms with Gasteiger partial charge in [-0.1, -0.05) is 23.7 Å². The highest BCUT2D eigenvalue weighted by Gasteiger charge is 2.36. The monoisotopic (exact) mass is 483 g/mol. The first-order chi connectivity index (χ1) is 16.4. The number of carbonyl (C=O) groups excluding carboxylic acids is 2. The molecule has 1 aliphatic rings. The SMILES string of the molecule is CCOC(=O)c1c(-c2cccc(Cl)c2)c(C(=O)OCC)n2c1-c1cc(OC)c(OC)cc1CC2. The van der Waals surface area contributed by atoms with Crippen LogP contribution >= 0.6 is 11.6 Å². The second kappa shape index (κ2) is 9.81. The van der Waals surface area contributed by atoms with Gasteiger partial charge in [0, 0.05) is 22.7 Å². The van der Waals surface area contributed by atoms with Gasteiger partial charge in [-0.2, -0.15) is 0 Å². The average molecular weight is 484 g/mol. The molecular formula is C26H26ClNO6. The van der Waals surface area contributed by atoms with Crippen molar-refractivity contribution >= 4 is 23.5 Å². The van der Waals surface area contributed by atoms with Crippen LogP contribution in [0, 0.1) is 0 Å². The van der Waals surface area contributed by atoms with Gasteiger partial charge in [0.25, 0.3) is 0 Å². The predicted molar refractivity (Wildman–Crippen MR) is 129 cm³/mol. The van der Waals surface area contributed by atoms with Crippen LogP contribution in [0.2, 0.25) is 5.02 Å². The van der Waals surface area contributed by atoms with Crippen molar-refractivity contribution in [2.24, 2.45) is 0 Å². The van der Waals surface area contributed by atoms with E-state index in [1.165, 1.54) is 0 Å². The molecule has 1 aliphatic heterocycles. The number of aromatic nitrogens is 1. The minimum atomic E-state index is -0.528. The van der Waals surface area contributed by atoms with E-state index in [-0.39, 0.29) is 13.2 Å². The quantitative estimate of drug-likeness (QED) is 0.419. The number of fused-ring (bicyclic) bond motifs is 3. The highest BCUT2D eigenvalue weighted by Crippen LogP contribution is 2.46. The minimum Gasteiger partial charge on any atom is -0.493 e. The summed E-state index contributed by atoms with van der Waals surface area (Å²) >= 11 is 6.29. The zero-order chi connectivity index (χ0) is 24.4. The predicted octanol–water partition coefficient (Wildman–Crippen LogP) is 5.40. The average Bonchev–Trinajstić information content (AvgIpc) is 3.19. The number of hydrogen-bond acceptors (Lipinski definition) is 6. The van der Waals surface area contributed by atoms with Crippen molar-refractivity contribution in [3.63, 3.8) is 0 Å². The highest BCUT2D eigenvalue weighted by atomic mass is 35.5. The number of ether oxygens (including phenoxy) is 4.